The van der Waals surface area contributed by atoms with Crippen molar-refractivity contribution in [3.8, 4) is 0 Å². The first kappa shape index (κ1) is 23.5. The van der Waals surface area contributed by atoms with Gasteiger partial charge in [0.15, 0.2) is 0 Å². The summed E-state index contributed by atoms with van der Waals surface area (Å²) >= 11 is 0. The fourth-order valence-electron chi connectivity index (χ4n) is 3.18. The highest BCUT2D eigenvalue weighted by Crippen LogP contribution is 2.29. The number of carbonyl (C=O) groups excluding carboxylic acids is 1. The molecular weight excluding hydrogens is 424 g/mol. The number of carbonyl (C=O) groups is 1. The smallest absolute Gasteiger partial charge is 0.330 e. The molecule has 1 heterocycles. The Bertz CT molecular complexity index is 1040. The molecule has 0 fully saturated rings. The molecule has 0 aliphatic heterocycles. The number of aromatic nitrogens is 2. The van der Waals surface area contributed by atoms with Gasteiger partial charge < -0.3 is 14.4 Å². The van der Waals surface area contributed by atoms with Crippen LogP contribution in [0.25, 0.3) is 0 Å². The number of amides is 1. The molecule has 3 aromatic rings. The van der Waals surface area contributed by atoms with Gasteiger partial charge in [0.2, 0.25) is 0 Å². The Morgan fingerprint density at radius 3 is 2.34 bits per heavy atom. The summed E-state index contributed by atoms with van der Waals surface area (Å²) < 4.78 is 54.4. The Hall–Kier alpha value is -3.20. The van der Waals surface area contributed by atoms with E-state index in [-0.39, 0.29) is 12.1 Å². The zero-order valence-electron chi connectivity index (χ0n) is 17.8. The molecular formula is C23H24F4N4O. The fraction of sp³-hybridized carbons (Fsp3) is 0.304. The molecule has 9 heteroatoms. The molecule has 1 amide bonds. The highest BCUT2D eigenvalue weighted by Gasteiger charge is 2.30. The van der Waals surface area contributed by atoms with Gasteiger partial charge in [-0.1, -0.05) is 24.3 Å². The fourth-order valence-corrected chi connectivity index (χ4v) is 3.18. The third-order valence-corrected chi connectivity index (χ3v) is 4.98. The highest BCUT2D eigenvalue weighted by atomic mass is 19.4. The van der Waals surface area contributed by atoms with E-state index in [9.17, 15) is 22.4 Å². The van der Waals surface area contributed by atoms with Crippen molar-refractivity contribution in [1.82, 2.24) is 19.4 Å². The number of alkyl halides is 3. The molecule has 5 nitrogen and oxygen atoms in total. The van der Waals surface area contributed by atoms with Gasteiger partial charge in [-0.25, -0.2) is 9.37 Å². The lowest BCUT2D eigenvalue weighted by Gasteiger charge is -2.25. The third-order valence-electron chi connectivity index (χ3n) is 4.98. The van der Waals surface area contributed by atoms with Crippen LogP contribution in [0.3, 0.4) is 0 Å². The Balaban J connectivity index is 1.80. The summed E-state index contributed by atoms with van der Waals surface area (Å²) in [7, 11) is 3.74. The molecule has 0 aliphatic rings. The second-order valence-corrected chi connectivity index (χ2v) is 7.68. The van der Waals surface area contributed by atoms with Gasteiger partial charge in [0.1, 0.15) is 11.6 Å². The lowest BCUT2D eigenvalue weighted by Crippen LogP contribution is -2.37. The maximum Gasteiger partial charge on any atom is 0.416 e. The molecule has 170 valence electrons. The summed E-state index contributed by atoms with van der Waals surface area (Å²) in [4.78, 5) is 20.8. The Morgan fingerprint density at radius 2 is 1.72 bits per heavy atom. The normalized spacial score (nSPS) is 11.7. The number of hydrogen-bond donors (Lipinski definition) is 0. The zero-order valence-corrected chi connectivity index (χ0v) is 17.8. The summed E-state index contributed by atoms with van der Waals surface area (Å²) in [5.74, 6) is -0.497. The van der Waals surface area contributed by atoms with Crippen LogP contribution in [0.4, 0.5) is 17.6 Å². The Labute approximate surface area is 183 Å². The number of hydrogen-bond acceptors (Lipinski definition) is 3. The summed E-state index contributed by atoms with van der Waals surface area (Å²) in [6.45, 7) is 1.35. The van der Waals surface area contributed by atoms with Crippen LogP contribution < -0.4 is 0 Å². The van der Waals surface area contributed by atoms with Gasteiger partial charge in [0.05, 0.1) is 17.7 Å². The minimum atomic E-state index is -4.39. The van der Waals surface area contributed by atoms with Gasteiger partial charge in [0, 0.05) is 32.0 Å². The lowest BCUT2D eigenvalue weighted by molar-refractivity contribution is -0.137. The molecule has 0 bridgehead atoms. The van der Waals surface area contributed by atoms with E-state index >= 15 is 0 Å². The van der Waals surface area contributed by atoms with E-state index < -0.39 is 23.5 Å². The first-order valence-electron chi connectivity index (χ1n) is 10.00. The molecule has 0 spiro atoms. The number of rotatable bonds is 8. The van der Waals surface area contributed by atoms with E-state index in [0.29, 0.717) is 31.0 Å². The van der Waals surface area contributed by atoms with E-state index in [0.717, 1.165) is 12.1 Å². The summed E-state index contributed by atoms with van der Waals surface area (Å²) in [6, 6.07) is 10.7. The second kappa shape index (κ2) is 9.95. The van der Waals surface area contributed by atoms with Crippen LogP contribution in [0.15, 0.2) is 60.9 Å². The van der Waals surface area contributed by atoms with Crippen molar-refractivity contribution in [2.24, 2.45) is 0 Å². The molecule has 0 saturated heterocycles. The lowest BCUT2D eigenvalue weighted by atomic mass is 10.1. The first-order valence-corrected chi connectivity index (χ1v) is 10.00. The van der Waals surface area contributed by atoms with Crippen LogP contribution in [-0.2, 0) is 19.3 Å². The zero-order chi connectivity index (χ0) is 23.3. The maximum atomic E-state index is 14.2. The minimum absolute atomic E-state index is 0.0212. The van der Waals surface area contributed by atoms with Crippen LogP contribution in [0.2, 0.25) is 0 Å². The van der Waals surface area contributed by atoms with E-state index in [2.05, 4.69) is 4.98 Å². The van der Waals surface area contributed by atoms with Crippen LogP contribution in [0.1, 0.15) is 27.3 Å². The van der Waals surface area contributed by atoms with Gasteiger partial charge in [0.25, 0.3) is 5.91 Å². The number of nitrogens with zero attached hydrogens (tertiary/aromatic N) is 4. The highest BCUT2D eigenvalue weighted by molar-refractivity contribution is 5.94. The SMILES string of the molecule is CN(C)CCN(Cc1nccn1Cc1ccc(C(F)(F)F)cc1)C(=O)c1ccccc1F. The molecule has 0 atom stereocenters. The quantitative estimate of drug-likeness (QED) is 0.483. The van der Waals surface area contributed by atoms with E-state index in [1.54, 1.807) is 23.0 Å². The maximum absolute atomic E-state index is 14.2. The average Bonchev–Trinajstić information content (AvgIpc) is 3.17. The number of imidazole rings is 1. The van der Waals surface area contributed by atoms with Crippen molar-refractivity contribution in [1.29, 1.82) is 0 Å². The molecule has 1 aromatic heterocycles. The summed E-state index contributed by atoms with van der Waals surface area (Å²) in [5.41, 5.74) is -0.0675. The summed E-state index contributed by atoms with van der Waals surface area (Å²) in [5, 5.41) is 0. The third kappa shape index (κ3) is 5.94. The van der Waals surface area contributed by atoms with Gasteiger partial charge in [-0.15, -0.1) is 0 Å². The number of benzene rings is 2. The molecule has 0 saturated carbocycles. The first-order chi connectivity index (χ1) is 15.1. The van der Waals surface area contributed by atoms with Gasteiger partial charge in [-0.05, 0) is 43.9 Å². The van der Waals surface area contributed by atoms with E-state index in [1.165, 1.54) is 35.2 Å². The molecule has 0 aliphatic carbocycles. The van der Waals surface area contributed by atoms with Crippen LogP contribution in [-0.4, -0.2) is 52.4 Å². The molecule has 0 radical (unpaired) electrons. The monoisotopic (exact) mass is 448 g/mol. The van der Waals surface area contributed by atoms with Crippen molar-refractivity contribution in [2.45, 2.75) is 19.3 Å². The topological polar surface area (TPSA) is 41.4 Å². The van der Waals surface area contributed by atoms with Gasteiger partial charge >= 0.3 is 6.18 Å². The van der Waals surface area contributed by atoms with Crippen molar-refractivity contribution >= 4 is 5.91 Å². The minimum Gasteiger partial charge on any atom is -0.330 e. The van der Waals surface area contributed by atoms with Crippen LogP contribution >= 0.6 is 0 Å². The molecule has 0 unspecified atom stereocenters. The molecule has 2 aromatic carbocycles. The van der Waals surface area contributed by atoms with Crippen molar-refractivity contribution in [3.63, 3.8) is 0 Å². The number of halogens is 4. The Morgan fingerprint density at radius 1 is 1.03 bits per heavy atom. The average molecular weight is 448 g/mol. The Kier molecular flexibility index (Phi) is 7.29. The van der Waals surface area contributed by atoms with Gasteiger partial charge in [-0.3, -0.25) is 4.79 Å². The predicted octanol–water partition coefficient (Wildman–Crippen LogP) is 4.29. The second-order valence-electron chi connectivity index (χ2n) is 7.68. The van der Waals surface area contributed by atoms with Crippen LogP contribution in [0, 0.1) is 5.82 Å². The van der Waals surface area contributed by atoms with Crippen LogP contribution in [0.5, 0.6) is 0 Å². The van der Waals surface area contributed by atoms with Crippen molar-refractivity contribution in [3.05, 3.63) is 89.3 Å². The standard InChI is InChI=1S/C23H24F4N4O/c1-29(2)13-14-31(22(32)19-5-3-4-6-20(19)24)16-21-28-11-12-30(21)15-17-7-9-18(10-8-17)23(25,26)27/h3-12H,13-16H2,1-2H3. The van der Waals surface area contributed by atoms with Crippen molar-refractivity contribution < 1.29 is 22.4 Å². The molecule has 0 N–H and O–H groups in total. The summed E-state index contributed by atoms with van der Waals surface area (Å²) in [6.07, 6.45) is -1.12. The van der Waals surface area contributed by atoms with Crippen molar-refractivity contribution in [2.75, 3.05) is 27.2 Å². The molecule has 3 rings (SSSR count). The van der Waals surface area contributed by atoms with Gasteiger partial charge in [-0.2, -0.15) is 13.2 Å². The predicted molar refractivity (Wildman–Crippen MR) is 112 cm³/mol. The largest absolute Gasteiger partial charge is 0.416 e. The van der Waals surface area contributed by atoms with E-state index in [4.69, 9.17) is 0 Å². The molecule has 32 heavy (non-hydrogen) atoms. The number of likely N-dealkylation sites (N-methyl/N-ethyl adjacent to an activating group) is 1. The van der Waals surface area contributed by atoms with E-state index in [1.807, 2.05) is 19.0 Å².